The largest absolute Gasteiger partial charge is 0.305 e. The molecule has 2 rings (SSSR count). The summed E-state index contributed by atoms with van der Waals surface area (Å²) in [6.07, 6.45) is 1.92. The third kappa shape index (κ3) is 2.84. The Morgan fingerprint density at radius 3 is 2.48 bits per heavy atom. The fraction of sp³-hybridized carbons (Fsp3) is 0.562. The third-order valence-electron chi connectivity index (χ3n) is 4.33. The molecule has 0 aromatic heterocycles. The van der Waals surface area contributed by atoms with Gasteiger partial charge in [-0.1, -0.05) is 25.1 Å². The number of hydrogen-bond donors (Lipinski definition) is 0. The molecule has 2 atom stereocenters. The quantitative estimate of drug-likeness (QED) is 0.844. The van der Waals surface area contributed by atoms with Gasteiger partial charge in [-0.15, -0.1) is 0 Å². The van der Waals surface area contributed by atoms with Gasteiger partial charge in [-0.3, -0.25) is 4.79 Å². The Morgan fingerprint density at radius 1 is 1.33 bits per heavy atom. The molecule has 4 nitrogen and oxygen atoms in total. The van der Waals surface area contributed by atoms with Crippen LogP contribution in [0.15, 0.2) is 24.3 Å². The Hall–Kier alpha value is -1.36. The summed E-state index contributed by atoms with van der Waals surface area (Å²) >= 11 is 0. The summed E-state index contributed by atoms with van der Waals surface area (Å²) in [5, 5.41) is -1.03. The lowest BCUT2D eigenvalue weighted by molar-refractivity contribution is -0.119. The van der Waals surface area contributed by atoms with Crippen molar-refractivity contribution in [2.75, 3.05) is 11.2 Å². The highest BCUT2D eigenvalue weighted by molar-refractivity contribution is 7.92. The Bertz CT molecular complexity index is 664. The number of sulfone groups is 1. The first-order valence-corrected chi connectivity index (χ1v) is 9.13. The normalized spacial score (nSPS) is 22.5. The Kier molecular flexibility index (Phi) is 3.91. The van der Waals surface area contributed by atoms with E-state index in [9.17, 15) is 13.2 Å². The van der Waals surface area contributed by atoms with Crippen molar-refractivity contribution < 1.29 is 13.2 Å². The maximum absolute atomic E-state index is 12.8. The van der Waals surface area contributed by atoms with E-state index in [2.05, 4.69) is 6.92 Å². The van der Waals surface area contributed by atoms with Crippen LogP contribution in [0.25, 0.3) is 0 Å². The lowest BCUT2D eigenvalue weighted by atomic mass is 9.80. The van der Waals surface area contributed by atoms with Gasteiger partial charge in [0.25, 0.3) is 0 Å². The lowest BCUT2D eigenvalue weighted by Gasteiger charge is -2.46. The van der Waals surface area contributed by atoms with Crippen LogP contribution in [0.1, 0.15) is 45.6 Å². The summed E-state index contributed by atoms with van der Waals surface area (Å²) in [6, 6.07) is 7.76. The molecule has 0 saturated carbocycles. The zero-order valence-corrected chi connectivity index (χ0v) is 14.1. The zero-order chi connectivity index (χ0) is 16.0. The molecule has 1 aromatic rings. The Balaban J connectivity index is 2.55. The molecular weight excluding hydrogens is 286 g/mol. The fourth-order valence-corrected chi connectivity index (χ4v) is 3.64. The van der Waals surface area contributed by atoms with Gasteiger partial charge in [-0.25, -0.2) is 8.42 Å². The summed E-state index contributed by atoms with van der Waals surface area (Å²) in [5.41, 5.74) is 1.54. The van der Waals surface area contributed by atoms with E-state index in [4.69, 9.17) is 0 Å². The van der Waals surface area contributed by atoms with Crippen LogP contribution in [-0.2, 0) is 14.6 Å². The summed E-state index contributed by atoms with van der Waals surface area (Å²) in [7, 11) is -3.41. The predicted octanol–water partition coefficient (Wildman–Crippen LogP) is 2.74. The molecule has 0 bridgehead atoms. The molecule has 1 aliphatic heterocycles. The molecular formula is C16H23NO3S. The molecule has 0 N–H and O–H groups in total. The van der Waals surface area contributed by atoms with E-state index in [1.807, 2.05) is 38.1 Å². The molecule has 21 heavy (non-hydrogen) atoms. The van der Waals surface area contributed by atoms with Crippen molar-refractivity contribution in [3.05, 3.63) is 29.8 Å². The van der Waals surface area contributed by atoms with Crippen LogP contribution in [0, 0.1) is 0 Å². The second-order valence-corrected chi connectivity index (χ2v) is 8.99. The van der Waals surface area contributed by atoms with Crippen molar-refractivity contribution in [2.45, 2.75) is 50.8 Å². The number of fused-ring (bicyclic) bond motifs is 1. The summed E-state index contributed by atoms with van der Waals surface area (Å²) in [6.45, 7) is 7.59. The van der Waals surface area contributed by atoms with E-state index >= 15 is 0 Å². The first kappa shape index (κ1) is 16.0. The van der Waals surface area contributed by atoms with Crippen molar-refractivity contribution >= 4 is 21.4 Å². The molecule has 1 aliphatic rings. The van der Waals surface area contributed by atoms with Gasteiger partial charge in [0.15, 0.2) is 9.84 Å². The van der Waals surface area contributed by atoms with E-state index < -0.39 is 20.6 Å². The number of anilines is 1. The van der Waals surface area contributed by atoms with Gasteiger partial charge in [0.05, 0.1) is 0 Å². The van der Waals surface area contributed by atoms with Gasteiger partial charge in [0.2, 0.25) is 5.91 Å². The van der Waals surface area contributed by atoms with Crippen LogP contribution in [0.5, 0.6) is 0 Å². The first-order chi connectivity index (χ1) is 9.55. The van der Waals surface area contributed by atoms with Crippen LogP contribution >= 0.6 is 0 Å². The van der Waals surface area contributed by atoms with E-state index in [0.717, 1.165) is 23.9 Å². The maximum atomic E-state index is 12.8. The molecule has 0 aliphatic carbocycles. The van der Waals surface area contributed by atoms with Crippen LogP contribution in [0.2, 0.25) is 0 Å². The number of para-hydroxylation sites is 1. The van der Waals surface area contributed by atoms with Crippen LogP contribution in [0.4, 0.5) is 5.69 Å². The van der Waals surface area contributed by atoms with Crippen molar-refractivity contribution in [3.63, 3.8) is 0 Å². The van der Waals surface area contributed by atoms with E-state index in [-0.39, 0.29) is 5.91 Å². The highest BCUT2D eigenvalue weighted by Crippen LogP contribution is 2.43. The van der Waals surface area contributed by atoms with Gasteiger partial charge >= 0.3 is 0 Å². The average Bonchev–Trinajstić information content (AvgIpc) is 2.35. The summed E-state index contributed by atoms with van der Waals surface area (Å²) in [4.78, 5) is 14.5. The van der Waals surface area contributed by atoms with Gasteiger partial charge in [0.1, 0.15) is 5.25 Å². The molecule has 0 radical (unpaired) electrons. The zero-order valence-electron chi connectivity index (χ0n) is 13.3. The van der Waals surface area contributed by atoms with Crippen LogP contribution in [-0.4, -0.2) is 31.4 Å². The highest BCUT2D eigenvalue weighted by atomic mass is 32.2. The second kappa shape index (κ2) is 5.13. The molecule has 1 amide bonds. The minimum atomic E-state index is -3.41. The molecule has 5 heteroatoms. The predicted molar refractivity (Wildman–Crippen MR) is 85.3 cm³/mol. The number of nitrogens with zero attached hydrogens (tertiary/aromatic N) is 1. The minimum Gasteiger partial charge on any atom is -0.305 e. The lowest BCUT2D eigenvalue weighted by Crippen LogP contribution is -2.55. The van der Waals surface area contributed by atoms with Gasteiger partial charge in [0, 0.05) is 17.5 Å². The second-order valence-electron chi connectivity index (χ2n) is 6.62. The fourth-order valence-electron chi connectivity index (χ4n) is 3.17. The molecule has 0 unspecified atom stereocenters. The first-order valence-electron chi connectivity index (χ1n) is 7.17. The molecule has 1 aromatic carbocycles. The molecule has 1 heterocycles. The molecule has 0 saturated heterocycles. The highest BCUT2D eigenvalue weighted by Gasteiger charge is 2.42. The monoisotopic (exact) mass is 309 g/mol. The smallest absolute Gasteiger partial charge is 0.245 e. The average molecular weight is 309 g/mol. The van der Waals surface area contributed by atoms with Crippen molar-refractivity contribution in [3.8, 4) is 0 Å². The number of benzene rings is 1. The van der Waals surface area contributed by atoms with Crippen LogP contribution in [0.3, 0.4) is 0 Å². The number of hydrogen-bond acceptors (Lipinski definition) is 3. The number of amides is 1. The minimum absolute atomic E-state index is 0.341. The van der Waals surface area contributed by atoms with Gasteiger partial charge in [-0.05, 0) is 44.7 Å². The number of carbonyl (C=O) groups is 1. The molecule has 0 fully saturated rings. The Morgan fingerprint density at radius 2 is 1.90 bits per heavy atom. The van der Waals surface area contributed by atoms with Crippen molar-refractivity contribution in [1.29, 1.82) is 0 Å². The van der Waals surface area contributed by atoms with E-state index in [1.54, 1.807) is 4.90 Å². The van der Waals surface area contributed by atoms with E-state index in [1.165, 1.54) is 6.92 Å². The van der Waals surface area contributed by atoms with Crippen LogP contribution < -0.4 is 4.90 Å². The Labute approximate surface area is 127 Å². The van der Waals surface area contributed by atoms with Crippen molar-refractivity contribution in [1.82, 2.24) is 0 Å². The number of carbonyl (C=O) groups excluding carboxylic acids is 1. The van der Waals surface area contributed by atoms with Gasteiger partial charge < -0.3 is 4.90 Å². The standard InChI is InChI=1S/C16H23NO3S/c1-11-10-16(3,4)17(14-9-7-6-8-13(11)14)15(18)12(2)21(5,19)20/h6-9,11-12H,10H2,1-5H3/t11-,12-/m0/s1. The maximum Gasteiger partial charge on any atom is 0.245 e. The molecule has 0 spiro atoms. The SMILES string of the molecule is C[C@H]1CC(C)(C)N(C(=O)[C@H](C)S(C)(=O)=O)c2ccccc21. The number of rotatable bonds is 2. The summed E-state index contributed by atoms with van der Waals surface area (Å²) < 4.78 is 23.5. The topological polar surface area (TPSA) is 54.5 Å². The van der Waals surface area contributed by atoms with E-state index in [0.29, 0.717) is 5.92 Å². The summed E-state index contributed by atoms with van der Waals surface area (Å²) in [5.74, 6) is -0.00404. The third-order valence-corrected chi connectivity index (χ3v) is 5.82. The molecule has 116 valence electrons. The van der Waals surface area contributed by atoms with Crippen molar-refractivity contribution in [2.24, 2.45) is 0 Å². The van der Waals surface area contributed by atoms with Gasteiger partial charge in [-0.2, -0.15) is 0 Å².